The first kappa shape index (κ1) is 21.6. The third-order valence-corrected chi connectivity index (χ3v) is 6.86. The van der Waals surface area contributed by atoms with Crippen molar-refractivity contribution in [1.82, 2.24) is 4.90 Å². The van der Waals surface area contributed by atoms with Crippen molar-refractivity contribution in [3.8, 4) is 0 Å². The summed E-state index contributed by atoms with van der Waals surface area (Å²) >= 11 is 0. The van der Waals surface area contributed by atoms with Gasteiger partial charge in [-0.05, 0) is 73.6 Å². The summed E-state index contributed by atoms with van der Waals surface area (Å²) in [7, 11) is 0. The molecule has 1 N–H and O–H groups in total. The van der Waals surface area contributed by atoms with Gasteiger partial charge in [-0.1, -0.05) is 12.1 Å². The van der Waals surface area contributed by atoms with E-state index < -0.39 is 11.7 Å². The molecule has 0 aromatic heterocycles. The summed E-state index contributed by atoms with van der Waals surface area (Å²) in [6.45, 7) is 3.22. The van der Waals surface area contributed by atoms with Gasteiger partial charge in [-0.15, -0.1) is 0 Å². The number of nitrogens with zero attached hydrogens (tertiary/aromatic N) is 3. The molecule has 3 heterocycles. The molecule has 0 aliphatic carbocycles. The maximum Gasteiger partial charge on any atom is 0.282 e. The van der Waals surface area contributed by atoms with Crippen LogP contribution in [-0.2, 0) is 9.59 Å². The molecule has 2 saturated heterocycles. The molecule has 0 saturated carbocycles. The second-order valence-electron chi connectivity index (χ2n) is 9.02. The van der Waals surface area contributed by atoms with Gasteiger partial charge < -0.3 is 14.9 Å². The zero-order chi connectivity index (χ0) is 22.9. The molecule has 2 aromatic rings. The molecule has 1 atom stereocenters. The van der Waals surface area contributed by atoms with Crippen LogP contribution in [0.1, 0.15) is 31.2 Å². The Morgan fingerprint density at radius 3 is 2.12 bits per heavy atom. The third kappa shape index (κ3) is 4.02. The Bertz CT molecular complexity index is 1070. The van der Waals surface area contributed by atoms with Crippen molar-refractivity contribution in [2.24, 2.45) is 5.92 Å². The van der Waals surface area contributed by atoms with Gasteiger partial charge in [0.05, 0.1) is 11.3 Å². The van der Waals surface area contributed by atoms with Gasteiger partial charge in [0.25, 0.3) is 11.8 Å². The van der Waals surface area contributed by atoms with Crippen molar-refractivity contribution in [2.75, 3.05) is 42.6 Å². The van der Waals surface area contributed by atoms with E-state index in [4.69, 9.17) is 0 Å². The smallest absolute Gasteiger partial charge is 0.282 e. The summed E-state index contributed by atoms with van der Waals surface area (Å²) in [5, 5.41) is 9.68. The van der Waals surface area contributed by atoms with Crippen molar-refractivity contribution in [3.63, 3.8) is 0 Å². The highest BCUT2D eigenvalue weighted by Gasteiger charge is 2.43. The van der Waals surface area contributed by atoms with E-state index >= 15 is 0 Å². The molecule has 2 fully saturated rings. The topological polar surface area (TPSA) is 64.1 Å². The molecule has 0 spiro atoms. The van der Waals surface area contributed by atoms with E-state index in [2.05, 4.69) is 4.90 Å². The monoisotopic (exact) mass is 449 g/mol. The second kappa shape index (κ2) is 8.98. The number of amides is 2. The van der Waals surface area contributed by atoms with Gasteiger partial charge in [-0.3, -0.25) is 9.59 Å². The van der Waals surface area contributed by atoms with Crippen molar-refractivity contribution in [2.45, 2.75) is 25.7 Å². The van der Waals surface area contributed by atoms with Crippen LogP contribution in [0.3, 0.4) is 0 Å². The van der Waals surface area contributed by atoms with Gasteiger partial charge in [0.2, 0.25) is 0 Å². The minimum absolute atomic E-state index is 0.0411. The first-order valence-electron chi connectivity index (χ1n) is 11.7. The number of carbonyl (C=O) groups excluding carboxylic acids is 2. The minimum atomic E-state index is -0.401. The quantitative estimate of drug-likeness (QED) is 0.709. The molecule has 172 valence electrons. The van der Waals surface area contributed by atoms with Gasteiger partial charge in [-0.2, -0.15) is 0 Å². The van der Waals surface area contributed by atoms with Crippen LogP contribution in [-0.4, -0.2) is 54.6 Å². The van der Waals surface area contributed by atoms with E-state index in [9.17, 15) is 19.1 Å². The highest BCUT2D eigenvalue weighted by atomic mass is 19.1. The number of likely N-dealkylation sites (tertiary alicyclic amines) is 1. The molecule has 1 unspecified atom stereocenters. The molecule has 2 aromatic carbocycles. The van der Waals surface area contributed by atoms with Gasteiger partial charge in [-0.25, -0.2) is 9.29 Å². The summed E-state index contributed by atoms with van der Waals surface area (Å²) < 4.78 is 13.6. The Balaban J connectivity index is 1.51. The van der Waals surface area contributed by atoms with Crippen molar-refractivity contribution in [1.29, 1.82) is 0 Å². The Hall–Kier alpha value is -3.19. The fourth-order valence-electron chi connectivity index (χ4n) is 5.13. The normalized spacial score (nSPS) is 21.5. The number of rotatable bonds is 5. The molecule has 6 nitrogen and oxygen atoms in total. The molecule has 2 amide bonds. The zero-order valence-corrected chi connectivity index (χ0v) is 18.5. The fourth-order valence-corrected chi connectivity index (χ4v) is 5.13. The predicted molar refractivity (Wildman–Crippen MR) is 125 cm³/mol. The largest absolute Gasteiger partial charge is 0.396 e. The fraction of sp³-hybridized carbons (Fsp3) is 0.385. The lowest BCUT2D eigenvalue weighted by molar-refractivity contribution is -0.120. The lowest BCUT2D eigenvalue weighted by Gasteiger charge is -2.34. The highest BCUT2D eigenvalue weighted by Crippen LogP contribution is 2.37. The van der Waals surface area contributed by atoms with Crippen molar-refractivity contribution in [3.05, 3.63) is 65.6 Å². The minimum Gasteiger partial charge on any atom is -0.396 e. The summed E-state index contributed by atoms with van der Waals surface area (Å²) in [5.74, 6) is -1.11. The average molecular weight is 450 g/mol. The highest BCUT2D eigenvalue weighted by molar-refractivity contribution is 6.45. The molecular weight excluding hydrogens is 421 g/mol. The van der Waals surface area contributed by atoms with Crippen LogP contribution in [0.15, 0.2) is 54.2 Å². The number of imide groups is 1. The van der Waals surface area contributed by atoms with Gasteiger partial charge >= 0.3 is 0 Å². The Morgan fingerprint density at radius 2 is 1.45 bits per heavy atom. The van der Waals surface area contributed by atoms with Crippen LogP contribution in [0.2, 0.25) is 0 Å². The number of hydrogen-bond acceptors (Lipinski definition) is 5. The number of piperidine rings is 1. The number of anilines is 2. The standard InChI is InChI=1S/C26H28FN3O3/c27-20-7-5-19(6-8-20)23-24(29-15-3-4-18(16-29)17-31)26(33)30(25(23)32)22-11-9-21(10-12-22)28-13-1-2-14-28/h5-12,18,31H,1-4,13-17H2. The molecule has 5 rings (SSSR count). The van der Waals surface area contributed by atoms with E-state index in [1.165, 1.54) is 29.9 Å². The number of benzene rings is 2. The van der Waals surface area contributed by atoms with Gasteiger partial charge in [0.1, 0.15) is 11.5 Å². The number of aliphatic hydroxyl groups is 1. The number of hydrogen-bond donors (Lipinski definition) is 1. The number of halogens is 1. The van der Waals surface area contributed by atoms with Crippen molar-refractivity contribution >= 4 is 28.8 Å². The third-order valence-electron chi connectivity index (χ3n) is 6.86. The van der Waals surface area contributed by atoms with Crippen LogP contribution in [0.25, 0.3) is 5.57 Å². The maximum absolute atomic E-state index is 13.7. The molecule has 0 radical (unpaired) electrons. The Kier molecular flexibility index (Phi) is 5.89. The molecule has 3 aliphatic rings. The van der Waals surface area contributed by atoms with Crippen LogP contribution >= 0.6 is 0 Å². The molecular formula is C26H28FN3O3. The number of aliphatic hydroxyl groups excluding tert-OH is 1. The SMILES string of the molecule is O=C1C(c2ccc(F)cc2)=C(N2CCCC(CO)C2)C(=O)N1c1ccc(N2CCCC2)cc1. The second-order valence-corrected chi connectivity index (χ2v) is 9.02. The Labute approximate surface area is 192 Å². The van der Waals surface area contributed by atoms with Crippen LogP contribution in [0, 0.1) is 11.7 Å². The van der Waals surface area contributed by atoms with Crippen LogP contribution in [0.5, 0.6) is 0 Å². The summed E-state index contributed by atoms with van der Waals surface area (Å²) in [6, 6.07) is 13.3. The summed E-state index contributed by atoms with van der Waals surface area (Å²) in [5.41, 5.74) is 2.77. The molecule has 33 heavy (non-hydrogen) atoms. The first-order chi connectivity index (χ1) is 16.1. The van der Waals surface area contributed by atoms with Crippen LogP contribution < -0.4 is 9.80 Å². The zero-order valence-electron chi connectivity index (χ0n) is 18.5. The van der Waals surface area contributed by atoms with Crippen molar-refractivity contribution < 1.29 is 19.1 Å². The van der Waals surface area contributed by atoms with Gasteiger partial charge in [0.15, 0.2) is 0 Å². The average Bonchev–Trinajstić information content (AvgIpc) is 3.46. The van der Waals surface area contributed by atoms with E-state index in [0.29, 0.717) is 35.6 Å². The van der Waals surface area contributed by atoms with E-state index in [0.717, 1.165) is 31.6 Å². The molecule has 0 bridgehead atoms. The summed E-state index contributed by atoms with van der Waals surface area (Å²) in [4.78, 5) is 32.7. The van der Waals surface area contributed by atoms with E-state index in [1.54, 1.807) is 12.1 Å². The molecule has 7 heteroatoms. The Morgan fingerprint density at radius 1 is 0.818 bits per heavy atom. The van der Waals surface area contributed by atoms with Crippen LogP contribution in [0.4, 0.5) is 15.8 Å². The summed E-state index contributed by atoms with van der Waals surface area (Å²) in [6.07, 6.45) is 4.06. The number of carbonyl (C=O) groups is 2. The van der Waals surface area contributed by atoms with E-state index in [1.807, 2.05) is 29.2 Å². The van der Waals surface area contributed by atoms with Gasteiger partial charge in [0, 0.05) is 38.5 Å². The first-order valence-corrected chi connectivity index (χ1v) is 11.7. The lowest BCUT2D eigenvalue weighted by Crippen LogP contribution is -2.40. The van der Waals surface area contributed by atoms with E-state index in [-0.39, 0.29) is 18.4 Å². The molecule has 3 aliphatic heterocycles. The maximum atomic E-state index is 13.7. The predicted octanol–water partition coefficient (Wildman–Crippen LogP) is 3.41. The lowest BCUT2D eigenvalue weighted by atomic mass is 9.97.